The van der Waals surface area contributed by atoms with Crippen molar-refractivity contribution in [2.45, 2.75) is 27.7 Å². The van der Waals surface area contributed by atoms with Gasteiger partial charge in [0, 0.05) is 14.8 Å². The van der Waals surface area contributed by atoms with Crippen LogP contribution in [0.25, 0.3) is 0 Å². The standard InChI is InChI=1S/C10H13BrOS/c1-6-5-7(11)8(13-6)9(12)10(2,3)4/h5H,1-4H3. The Morgan fingerprint density at radius 1 is 1.46 bits per heavy atom. The predicted molar refractivity (Wildman–Crippen MR) is 60.5 cm³/mol. The number of Topliss-reactive ketones (excluding diaryl/α,β-unsaturated/α-hetero) is 1. The third-order valence-corrected chi connectivity index (χ3v) is 3.63. The highest BCUT2D eigenvalue weighted by Gasteiger charge is 2.26. The number of rotatable bonds is 1. The highest BCUT2D eigenvalue weighted by Crippen LogP contribution is 2.32. The summed E-state index contributed by atoms with van der Waals surface area (Å²) in [6.07, 6.45) is 0. The predicted octanol–water partition coefficient (Wildman–Crippen LogP) is 4.05. The summed E-state index contributed by atoms with van der Waals surface area (Å²) in [5, 5.41) is 0. The van der Waals surface area contributed by atoms with Gasteiger partial charge in [-0.15, -0.1) is 11.3 Å². The monoisotopic (exact) mass is 260 g/mol. The minimum Gasteiger partial charge on any atom is -0.293 e. The summed E-state index contributed by atoms with van der Waals surface area (Å²) in [6.45, 7) is 7.83. The Morgan fingerprint density at radius 2 is 2.00 bits per heavy atom. The summed E-state index contributed by atoms with van der Waals surface area (Å²) in [5.74, 6) is 0.206. The van der Waals surface area contributed by atoms with Gasteiger partial charge in [-0.1, -0.05) is 20.8 Å². The normalized spacial score (nSPS) is 11.8. The van der Waals surface area contributed by atoms with Crippen LogP contribution in [0.1, 0.15) is 35.3 Å². The summed E-state index contributed by atoms with van der Waals surface area (Å²) in [6, 6.07) is 1.99. The summed E-state index contributed by atoms with van der Waals surface area (Å²) >= 11 is 4.95. The van der Waals surface area contributed by atoms with E-state index in [-0.39, 0.29) is 11.2 Å². The Labute approximate surface area is 91.3 Å². The first-order chi connectivity index (χ1) is 5.82. The minimum atomic E-state index is -0.292. The van der Waals surface area contributed by atoms with Gasteiger partial charge in [0.2, 0.25) is 0 Å². The molecule has 13 heavy (non-hydrogen) atoms. The number of ketones is 1. The topological polar surface area (TPSA) is 17.1 Å². The van der Waals surface area contributed by atoms with Gasteiger partial charge in [-0.2, -0.15) is 0 Å². The molecule has 0 fully saturated rings. The lowest BCUT2D eigenvalue weighted by Gasteiger charge is -2.15. The first kappa shape index (κ1) is 10.9. The van der Waals surface area contributed by atoms with Crippen LogP contribution in [0.3, 0.4) is 0 Å². The van der Waals surface area contributed by atoms with Gasteiger partial charge in [-0.3, -0.25) is 4.79 Å². The lowest BCUT2D eigenvalue weighted by atomic mass is 9.90. The van der Waals surface area contributed by atoms with Gasteiger partial charge < -0.3 is 0 Å². The second-order valence-electron chi connectivity index (χ2n) is 4.11. The molecule has 1 aromatic rings. The fourth-order valence-corrected chi connectivity index (χ4v) is 2.95. The average Bonchev–Trinajstić information content (AvgIpc) is 2.26. The molecule has 72 valence electrons. The first-order valence-corrected chi connectivity index (χ1v) is 5.74. The van der Waals surface area contributed by atoms with E-state index in [1.165, 1.54) is 4.88 Å². The van der Waals surface area contributed by atoms with Crippen LogP contribution >= 0.6 is 27.3 Å². The highest BCUT2D eigenvalue weighted by atomic mass is 79.9. The van der Waals surface area contributed by atoms with Crippen molar-refractivity contribution < 1.29 is 4.79 Å². The van der Waals surface area contributed by atoms with Crippen LogP contribution in [0.2, 0.25) is 0 Å². The molecule has 0 N–H and O–H groups in total. The SMILES string of the molecule is Cc1cc(Br)c(C(=O)C(C)(C)C)s1. The molecule has 3 heteroatoms. The summed E-state index contributed by atoms with van der Waals surface area (Å²) in [4.78, 5) is 13.9. The molecular weight excluding hydrogens is 248 g/mol. The second kappa shape index (κ2) is 3.54. The molecule has 0 aliphatic heterocycles. The van der Waals surface area contributed by atoms with Crippen LogP contribution < -0.4 is 0 Å². The molecular formula is C10H13BrOS. The van der Waals surface area contributed by atoms with Crippen molar-refractivity contribution in [2.24, 2.45) is 5.41 Å². The van der Waals surface area contributed by atoms with Crippen molar-refractivity contribution >= 4 is 33.0 Å². The Kier molecular flexibility index (Phi) is 2.98. The van der Waals surface area contributed by atoms with Crippen LogP contribution in [0.5, 0.6) is 0 Å². The van der Waals surface area contributed by atoms with E-state index in [9.17, 15) is 4.79 Å². The first-order valence-electron chi connectivity index (χ1n) is 4.13. The van der Waals surface area contributed by atoms with E-state index in [4.69, 9.17) is 0 Å². The van der Waals surface area contributed by atoms with Crippen molar-refractivity contribution in [1.29, 1.82) is 0 Å². The number of halogens is 1. The second-order valence-corrected chi connectivity index (χ2v) is 6.22. The van der Waals surface area contributed by atoms with Crippen LogP contribution in [0.4, 0.5) is 0 Å². The maximum absolute atomic E-state index is 11.9. The van der Waals surface area contributed by atoms with E-state index in [1.807, 2.05) is 33.8 Å². The maximum atomic E-state index is 11.9. The van der Waals surface area contributed by atoms with Gasteiger partial charge in [0.05, 0.1) is 4.88 Å². The molecule has 0 spiro atoms. The van der Waals surface area contributed by atoms with Crippen molar-refractivity contribution in [3.63, 3.8) is 0 Å². The van der Waals surface area contributed by atoms with Crippen LogP contribution in [0, 0.1) is 12.3 Å². The van der Waals surface area contributed by atoms with E-state index in [1.54, 1.807) is 11.3 Å². The Bertz CT molecular complexity index is 333. The van der Waals surface area contributed by atoms with Crippen LogP contribution in [-0.2, 0) is 0 Å². The Morgan fingerprint density at radius 3 is 2.31 bits per heavy atom. The van der Waals surface area contributed by atoms with E-state index in [0.29, 0.717) is 0 Å². The highest BCUT2D eigenvalue weighted by molar-refractivity contribution is 9.10. The molecule has 0 unspecified atom stereocenters. The smallest absolute Gasteiger partial charge is 0.179 e. The van der Waals surface area contributed by atoms with Crippen molar-refractivity contribution in [3.8, 4) is 0 Å². The molecule has 0 radical (unpaired) electrons. The minimum absolute atomic E-state index is 0.206. The number of thiophene rings is 1. The van der Waals surface area contributed by atoms with E-state index in [0.717, 1.165) is 9.35 Å². The molecule has 0 saturated heterocycles. The molecule has 0 aliphatic carbocycles. The Hall–Kier alpha value is -0.150. The molecule has 1 nitrogen and oxygen atoms in total. The van der Waals surface area contributed by atoms with Crippen LogP contribution in [0.15, 0.2) is 10.5 Å². The fourth-order valence-electron chi connectivity index (χ4n) is 0.979. The lowest BCUT2D eigenvalue weighted by molar-refractivity contribution is 0.0862. The quantitative estimate of drug-likeness (QED) is 0.697. The molecule has 0 aromatic carbocycles. The number of hydrogen-bond acceptors (Lipinski definition) is 2. The van der Waals surface area contributed by atoms with E-state index < -0.39 is 0 Å². The molecule has 0 amide bonds. The zero-order valence-electron chi connectivity index (χ0n) is 8.27. The summed E-state index contributed by atoms with van der Waals surface area (Å²) in [7, 11) is 0. The number of carbonyl (C=O) groups excluding carboxylic acids is 1. The number of aryl methyl sites for hydroxylation is 1. The van der Waals surface area contributed by atoms with Crippen molar-refractivity contribution in [3.05, 3.63) is 20.3 Å². The van der Waals surface area contributed by atoms with Gasteiger partial charge in [-0.25, -0.2) is 0 Å². The van der Waals surface area contributed by atoms with Crippen molar-refractivity contribution in [2.75, 3.05) is 0 Å². The molecule has 1 aromatic heterocycles. The van der Waals surface area contributed by atoms with E-state index >= 15 is 0 Å². The van der Waals surface area contributed by atoms with Crippen LogP contribution in [-0.4, -0.2) is 5.78 Å². The van der Waals surface area contributed by atoms with E-state index in [2.05, 4.69) is 15.9 Å². The van der Waals surface area contributed by atoms with Gasteiger partial charge in [0.1, 0.15) is 0 Å². The third kappa shape index (κ3) is 2.41. The molecule has 0 atom stereocenters. The number of hydrogen-bond donors (Lipinski definition) is 0. The molecule has 1 rings (SSSR count). The maximum Gasteiger partial charge on any atom is 0.179 e. The molecule has 0 bridgehead atoms. The van der Waals surface area contributed by atoms with Gasteiger partial charge >= 0.3 is 0 Å². The van der Waals surface area contributed by atoms with Crippen molar-refractivity contribution in [1.82, 2.24) is 0 Å². The number of carbonyl (C=O) groups is 1. The Balaban J connectivity index is 3.09. The molecule has 0 saturated carbocycles. The third-order valence-electron chi connectivity index (χ3n) is 1.70. The fraction of sp³-hybridized carbons (Fsp3) is 0.500. The zero-order chi connectivity index (χ0) is 10.2. The summed E-state index contributed by atoms with van der Waals surface area (Å²) < 4.78 is 0.926. The molecule has 1 heterocycles. The molecule has 0 aliphatic rings. The zero-order valence-corrected chi connectivity index (χ0v) is 10.7. The van der Waals surface area contributed by atoms with Gasteiger partial charge in [0.15, 0.2) is 5.78 Å². The summed E-state index contributed by atoms with van der Waals surface area (Å²) in [5.41, 5.74) is -0.292. The average molecular weight is 261 g/mol. The van der Waals surface area contributed by atoms with Gasteiger partial charge in [0.25, 0.3) is 0 Å². The largest absolute Gasteiger partial charge is 0.293 e. The lowest BCUT2D eigenvalue weighted by Crippen LogP contribution is -2.19. The van der Waals surface area contributed by atoms with Gasteiger partial charge in [-0.05, 0) is 28.9 Å².